The molecule has 0 aliphatic carbocycles. The van der Waals surface area contributed by atoms with Crippen molar-refractivity contribution in [3.8, 4) is 0 Å². The standard InChI is InChI=1S/C23H17ClF2N2O/c24-19-11-21(26)20(25)10-16(19)23(29)28-12-17(14-6-2-1-3-7-14)18-13-27-22-9-5-4-8-15(18)22/h1-11,13,17,27H,12H2,(H,28,29). The van der Waals surface area contributed by atoms with Gasteiger partial charge in [0.1, 0.15) is 0 Å². The smallest absolute Gasteiger partial charge is 0.252 e. The molecule has 3 aromatic carbocycles. The number of halogens is 3. The molecule has 4 rings (SSSR count). The normalized spacial score (nSPS) is 12.1. The predicted molar refractivity (Wildman–Crippen MR) is 110 cm³/mol. The SMILES string of the molecule is O=C(NCC(c1ccccc1)c1c[nH]c2ccccc12)c1cc(F)c(F)cc1Cl. The summed E-state index contributed by atoms with van der Waals surface area (Å²) in [4.78, 5) is 15.9. The lowest BCUT2D eigenvalue weighted by Gasteiger charge is -2.18. The molecule has 6 heteroatoms. The minimum absolute atomic E-state index is 0.101. The Balaban J connectivity index is 1.65. The Morgan fingerprint density at radius 1 is 1.00 bits per heavy atom. The molecule has 0 radical (unpaired) electrons. The predicted octanol–water partition coefficient (Wildman–Crippen LogP) is 5.66. The largest absolute Gasteiger partial charge is 0.361 e. The number of carbonyl (C=O) groups excluding carboxylic acids is 1. The molecule has 1 unspecified atom stereocenters. The first-order chi connectivity index (χ1) is 14.0. The zero-order chi connectivity index (χ0) is 20.4. The summed E-state index contributed by atoms with van der Waals surface area (Å²) >= 11 is 5.93. The first-order valence-electron chi connectivity index (χ1n) is 9.08. The van der Waals surface area contributed by atoms with Crippen LogP contribution in [0.4, 0.5) is 8.78 Å². The fraction of sp³-hybridized carbons (Fsp3) is 0.0870. The third-order valence-electron chi connectivity index (χ3n) is 4.92. The van der Waals surface area contributed by atoms with E-state index in [1.165, 1.54) is 0 Å². The van der Waals surface area contributed by atoms with Crippen molar-refractivity contribution in [2.24, 2.45) is 0 Å². The maximum absolute atomic E-state index is 13.6. The third kappa shape index (κ3) is 3.87. The van der Waals surface area contributed by atoms with Gasteiger partial charge in [-0.2, -0.15) is 0 Å². The number of aromatic amines is 1. The van der Waals surface area contributed by atoms with Crippen LogP contribution in [0.3, 0.4) is 0 Å². The summed E-state index contributed by atoms with van der Waals surface area (Å²) in [6.45, 7) is 0.264. The second kappa shape index (κ2) is 8.05. The van der Waals surface area contributed by atoms with E-state index >= 15 is 0 Å². The van der Waals surface area contributed by atoms with Gasteiger partial charge in [-0.25, -0.2) is 8.78 Å². The molecule has 0 aliphatic heterocycles. The van der Waals surface area contributed by atoms with E-state index in [1.807, 2.05) is 60.8 Å². The number of para-hydroxylation sites is 1. The number of H-pyrrole nitrogens is 1. The second-order valence-corrected chi connectivity index (χ2v) is 7.12. The van der Waals surface area contributed by atoms with Gasteiger partial charge in [0.15, 0.2) is 11.6 Å². The van der Waals surface area contributed by atoms with E-state index in [2.05, 4.69) is 10.3 Å². The summed E-state index contributed by atoms with van der Waals surface area (Å²) in [5, 5.41) is 3.73. The molecule has 1 heterocycles. The Hall–Kier alpha value is -3.18. The number of nitrogens with one attached hydrogen (secondary N) is 2. The highest BCUT2D eigenvalue weighted by atomic mass is 35.5. The molecule has 29 heavy (non-hydrogen) atoms. The highest BCUT2D eigenvalue weighted by Gasteiger charge is 2.21. The first-order valence-corrected chi connectivity index (χ1v) is 9.46. The number of hydrogen-bond acceptors (Lipinski definition) is 1. The number of aromatic nitrogens is 1. The second-order valence-electron chi connectivity index (χ2n) is 6.71. The highest BCUT2D eigenvalue weighted by molar-refractivity contribution is 6.33. The zero-order valence-corrected chi connectivity index (χ0v) is 16.0. The monoisotopic (exact) mass is 410 g/mol. The van der Waals surface area contributed by atoms with Crippen LogP contribution in [0.15, 0.2) is 72.9 Å². The molecule has 1 atom stereocenters. The van der Waals surface area contributed by atoms with Crippen LogP contribution in [0.2, 0.25) is 5.02 Å². The summed E-state index contributed by atoms with van der Waals surface area (Å²) in [5.74, 6) is -2.90. The van der Waals surface area contributed by atoms with Crippen molar-refractivity contribution in [3.05, 3.63) is 106 Å². The van der Waals surface area contributed by atoms with E-state index in [1.54, 1.807) is 0 Å². The number of hydrogen-bond donors (Lipinski definition) is 2. The van der Waals surface area contributed by atoms with E-state index in [0.717, 1.165) is 34.2 Å². The van der Waals surface area contributed by atoms with Gasteiger partial charge in [-0.1, -0.05) is 60.1 Å². The van der Waals surface area contributed by atoms with Crippen LogP contribution in [-0.2, 0) is 0 Å². The molecule has 0 bridgehead atoms. The van der Waals surface area contributed by atoms with Gasteiger partial charge in [0, 0.05) is 29.6 Å². The van der Waals surface area contributed by atoms with Crippen LogP contribution in [0.5, 0.6) is 0 Å². The van der Waals surface area contributed by atoms with Gasteiger partial charge in [0.25, 0.3) is 5.91 Å². The van der Waals surface area contributed by atoms with Crippen molar-refractivity contribution in [2.75, 3.05) is 6.54 Å². The maximum Gasteiger partial charge on any atom is 0.252 e. The molecule has 146 valence electrons. The van der Waals surface area contributed by atoms with Crippen LogP contribution in [0.25, 0.3) is 10.9 Å². The van der Waals surface area contributed by atoms with Gasteiger partial charge in [-0.3, -0.25) is 4.79 Å². The fourth-order valence-electron chi connectivity index (χ4n) is 3.46. The summed E-state index contributed by atoms with van der Waals surface area (Å²) < 4.78 is 26.9. The van der Waals surface area contributed by atoms with Gasteiger partial charge in [0.2, 0.25) is 0 Å². The van der Waals surface area contributed by atoms with Crippen molar-refractivity contribution >= 4 is 28.4 Å². The van der Waals surface area contributed by atoms with Crippen LogP contribution in [0, 0.1) is 11.6 Å². The lowest BCUT2D eigenvalue weighted by molar-refractivity contribution is 0.0952. The average molecular weight is 411 g/mol. The highest BCUT2D eigenvalue weighted by Crippen LogP contribution is 2.30. The van der Waals surface area contributed by atoms with Crippen molar-refractivity contribution in [3.63, 3.8) is 0 Å². The summed E-state index contributed by atoms with van der Waals surface area (Å²) in [7, 11) is 0. The number of fused-ring (bicyclic) bond motifs is 1. The van der Waals surface area contributed by atoms with Crippen LogP contribution >= 0.6 is 11.6 Å². The summed E-state index contributed by atoms with van der Waals surface area (Å²) in [6, 6.07) is 19.3. The minimum atomic E-state index is -1.12. The molecular weight excluding hydrogens is 394 g/mol. The van der Waals surface area contributed by atoms with Gasteiger partial charge in [-0.15, -0.1) is 0 Å². The van der Waals surface area contributed by atoms with E-state index in [4.69, 9.17) is 11.6 Å². The van der Waals surface area contributed by atoms with E-state index in [0.29, 0.717) is 0 Å². The molecular formula is C23H17ClF2N2O. The topological polar surface area (TPSA) is 44.9 Å². The lowest BCUT2D eigenvalue weighted by Crippen LogP contribution is -2.29. The Morgan fingerprint density at radius 2 is 1.69 bits per heavy atom. The summed E-state index contributed by atoms with van der Waals surface area (Å²) in [5.41, 5.74) is 2.95. The molecule has 4 aromatic rings. The minimum Gasteiger partial charge on any atom is -0.361 e. The zero-order valence-electron chi connectivity index (χ0n) is 15.3. The Kier molecular flexibility index (Phi) is 5.32. The number of amides is 1. The number of benzene rings is 3. The molecule has 1 amide bonds. The quantitative estimate of drug-likeness (QED) is 0.409. The van der Waals surface area contributed by atoms with Crippen LogP contribution in [0.1, 0.15) is 27.4 Å². The van der Waals surface area contributed by atoms with Gasteiger partial charge < -0.3 is 10.3 Å². The fourth-order valence-corrected chi connectivity index (χ4v) is 3.70. The molecule has 0 saturated heterocycles. The van der Waals surface area contributed by atoms with E-state index in [9.17, 15) is 13.6 Å². The van der Waals surface area contributed by atoms with Crippen molar-refractivity contribution in [1.29, 1.82) is 0 Å². The molecule has 0 saturated carbocycles. The lowest BCUT2D eigenvalue weighted by atomic mass is 9.91. The van der Waals surface area contributed by atoms with Crippen molar-refractivity contribution in [2.45, 2.75) is 5.92 Å². The summed E-state index contributed by atoms with van der Waals surface area (Å²) in [6.07, 6.45) is 1.93. The van der Waals surface area contributed by atoms with E-state index in [-0.39, 0.29) is 23.0 Å². The Morgan fingerprint density at radius 3 is 2.48 bits per heavy atom. The van der Waals surface area contributed by atoms with Gasteiger partial charge in [0.05, 0.1) is 10.6 Å². The van der Waals surface area contributed by atoms with Gasteiger partial charge >= 0.3 is 0 Å². The van der Waals surface area contributed by atoms with Crippen molar-refractivity contribution in [1.82, 2.24) is 10.3 Å². The molecule has 0 aliphatic rings. The molecule has 3 nitrogen and oxygen atoms in total. The van der Waals surface area contributed by atoms with Gasteiger partial charge in [-0.05, 0) is 29.3 Å². The first kappa shape index (κ1) is 19.2. The van der Waals surface area contributed by atoms with Crippen LogP contribution < -0.4 is 5.32 Å². The molecule has 0 fully saturated rings. The Bertz CT molecular complexity index is 1170. The van der Waals surface area contributed by atoms with E-state index < -0.39 is 17.5 Å². The number of rotatable bonds is 5. The third-order valence-corrected chi connectivity index (χ3v) is 5.23. The molecule has 1 aromatic heterocycles. The Labute approximate surface area is 171 Å². The van der Waals surface area contributed by atoms with Crippen LogP contribution in [-0.4, -0.2) is 17.4 Å². The van der Waals surface area contributed by atoms with Crippen molar-refractivity contribution < 1.29 is 13.6 Å². The molecule has 0 spiro atoms. The average Bonchev–Trinajstić information content (AvgIpc) is 3.15. The maximum atomic E-state index is 13.6. The number of carbonyl (C=O) groups is 1. The molecule has 2 N–H and O–H groups in total.